The standard InChI is InChI=1S/C11H17N3.ClH/c12-11(9-3-6-13-7-4-9)10-2-1-5-14-8-10;/h1-2,5,8-9,11,13H,3-4,6-7,12H2;1H/t11-;/m1./s1. The zero-order valence-corrected chi connectivity index (χ0v) is 9.54. The summed E-state index contributed by atoms with van der Waals surface area (Å²) >= 11 is 0. The van der Waals surface area contributed by atoms with Crippen LogP contribution in [0.5, 0.6) is 0 Å². The maximum Gasteiger partial charge on any atom is 0.0339 e. The minimum absolute atomic E-state index is 0. The Bertz CT molecular complexity index is 272. The van der Waals surface area contributed by atoms with Crippen molar-refractivity contribution < 1.29 is 0 Å². The Balaban J connectivity index is 0.00000112. The van der Waals surface area contributed by atoms with Crippen LogP contribution in [0.25, 0.3) is 0 Å². The summed E-state index contributed by atoms with van der Waals surface area (Å²) < 4.78 is 0. The third kappa shape index (κ3) is 3.16. The maximum absolute atomic E-state index is 6.20. The van der Waals surface area contributed by atoms with Crippen molar-refractivity contribution in [3.63, 3.8) is 0 Å². The maximum atomic E-state index is 6.20. The van der Waals surface area contributed by atoms with Gasteiger partial charge >= 0.3 is 0 Å². The van der Waals surface area contributed by atoms with Gasteiger partial charge < -0.3 is 11.1 Å². The van der Waals surface area contributed by atoms with Gasteiger partial charge in [0, 0.05) is 18.4 Å². The van der Waals surface area contributed by atoms with Crippen molar-refractivity contribution >= 4 is 12.4 Å². The lowest BCUT2D eigenvalue weighted by molar-refractivity contribution is 0.322. The molecule has 0 aromatic carbocycles. The van der Waals surface area contributed by atoms with Gasteiger partial charge in [0.1, 0.15) is 0 Å². The summed E-state index contributed by atoms with van der Waals surface area (Å²) in [5.41, 5.74) is 7.37. The van der Waals surface area contributed by atoms with E-state index >= 15 is 0 Å². The van der Waals surface area contributed by atoms with Gasteiger partial charge in [-0.15, -0.1) is 12.4 Å². The van der Waals surface area contributed by atoms with Crippen LogP contribution in [0.15, 0.2) is 24.5 Å². The molecule has 3 N–H and O–H groups in total. The smallest absolute Gasteiger partial charge is 0.0339 e. The predicted octanol–water partition coefficient (Wildman–Crippen LogP) is 1.50. The lowest BCUT2D eigenvalue weighted by Gasteiger charge is -2.28. The van der Waals surface area contributed by atoms with Gasteiger partial charge in [0.2, 0.25) is 0 Å². The van der Waals surface area contributed by atoms with Crippen LogP contribution in [-0.2, 0) is 0 Å². The highest BCUT2D eigenvalue weighted by Crippen LogP contribution is 2.25. The van der Waals surface area contributed by atoms with Crippen LogP contribution in [0, 0.1) is 5.92 Å². The fourth-order valence-electron chi connectivity index (χ4n) is 2.05. The topological polar surface area (TPSA) is 50.9 Å². The highest BCUT2D eigenvalue weighted by atomic mass is 35.5. The summed E-state index contributed by atoms with van der Waals surface area (Å²) in [5, 5.41) is 3.35. The van der Waals surface area contributed by atoms with Crippen molar-refractivity contribution in [3.8, 4) is 0 Å². The largest absolute Gasteiger partial charge is 0.324 e. The molecule has 1 aliphatic heterocycles. The minimum atomic E-state index is 0. The van der Waals surface area contributed by atoms with Crippen molar-refractivity contribution in [2.45, 2.75) is 18.9 Å². The molecule has 15 heavy (non-hydrogen) atoms. The Kier molecular flexibility index (Phi) is 5.02. The number of hydrogen-bond donors (Lipinski definition) is 2. The van der Waals surface area contributed by atoms with Crippen molar-refractivity contribution in [2.75, 3.05) is 13.1 Å². The van der Waals surface area contributed by atoms with Gasteiger partial charge in [-0.3, -0.25) is 4.98 Å². The Labute approximate surface area is 96.9 Å². The van der Waals surface area contributed by atoms with Crippen LogP contribution < -0.4 is 11.1 Å². The number of piperidine rings is 1. The lowest BCUT2D eigenvalue weighted by Crippen LogP contribution is -2.33. The number of nitrogens with zero attached hydrogens (tertiary/aromatic N) is 1. The van der Waals surface area contributed by atoms with Gasteiger partial charge in [-0.2, -0.15) is 0 Å². The number of nitrogens with two attached hydrogens (primary N) is 1. The van der Waals surface area contributed by atoms with E-state index in [4.69, 9.17) is 5.73 Å². The fraction of sp³-hybridized carbons (Fsp3) is 0.545. The van der Waals surface area contributed by atoms with Crippen LogP contribution in [-0.4, -0.2) is 18.1 Å². The van der Waals surface area contributed by atoms with Crippen LogP contribution in [0.3, 0.4) is 0 Å². The molecule has 84 valence electrons. The second kappa shape index (κ2) is 6.05. The molecular weight excluding hydrogens is 210 g/mol. The average Bonchev–Trinajstić information content (AvgIpc) is 2.30. The molecule has 0 amide bonds. The first-order chi connectivity index (χ1) is 6.88. The van der Waals surface area contributed by atoms with Gasteiger partial charge in [0.05, 0.1) is 0 Å². The highest BCUT2D eigenvalue weighted by molar-refractivity contribution is 5.85. The zero-order valence-electron chi connectivity index (χ0n) is 8.73. The molecule has 1 aliphatic rings. The van der Waals surface area contributed by atoms with Crippen molar-refractivity contribution in [2.24, 2.45) is 11.7 Å². The van der Waals surface area contributed by atoms with E-state index in [2.05, 4.69) is 16.4 Å². The van der Waals surface area contributed by atoms with Crippen LogP contribution >= 0.6 is 12.4 Å². The van der Waals surface area contributed by atoms with Crippen LogP contribution in [0.4, 0.5) is 0 Å². The highest BCUT2D eigenvalue weighted by Gasteiger charge is 2.21. The van der Waals surface area contributed by atoms with E-state index in [0.717, 1.165) is 13.1 Å². The first-order valence-corrected chi connectivity index (χ1v) is 5.24. The molecule has 4 heteroatoms. The van der Waals surface area contributed by atoms with E-state index in [1.54, 1.807) is 6.20 Å². The van der Waals surface area contributed by atoms with Gasteiger partial charge in [0.25, 0.3) is 0 Å². The molecule has 1 fully saturated rings. The van der Waals surface area contributed by atoms with Crippen molar-refractivity contribution in [1.82, 2.24) is 10.3 Å². The first-order valence-electron chi connectivity index (χ1n) is 5.24. The second-order valence-electron chi connectivity index (χ2n) is 3.90. The van der Waals surface area contributed by atoms with E-state index in [0.29, 0.717) is 5.92 Å². The summed E-state index contributed by atoms with van der Waals surface area (Å²) in [6, 6.07) is 4.18. The van der Waals surface area contributed by atoms with Crippen LogP contribution in [0.1, 0.15) is 24.4 Å². The monoisotopic (exact) mass is 227 g/mol. The van der Waals surface area contributed by atoms with Crippen LogP contribution in [0.2, 0.25) is 0 Å². The molecule has 0 bridgehead atoms. The molecular formula is C11H18ClN3. The first kappa shape index (κ1) is 12.4. The quantitative estimate of drug-likeness (QED) is 0.805. The van der Waals surface area contributed by atoms with Gasteiger partial charge in [-0.05, 0) is 43.5 Å². The van der Waals surface area contributed by atoms with Crippen molar-refractivity contribution in [1.29, 1.82) is 0 Å². The molecule has 3 nitrogen and oxygen atoms in total. The van der Waals surface area contributed by atoms with E-state index < -0.39 is 0 Å². The number of hydrogen-bond acceptors (Lipinski definition) is 3. The molecule has 0 unspecified atom stereocenters. The normalized spacial score (nSPS) is 19.3. The molecule has 0 radical (unpaired) electrons. The number of pyridine rings is 1. The summed E-state index contributed by atoms with van der Waals surface area (Å²) in [7, 11) is 0. The minimum Gasteiger partial charge on any atom is -0.324 e. The molecule has 1 atom stereocenters. The number of halogens is 1. The third-order valence-electron chi connectivity index (χ3n) is 2.96. The predicted molar refractivity (Wildman–Crippen MR) is 64.0 cm³/mol. The average molecular weight is 228 g/mol. The fourth-order valence-corrected chi connectivity index (χ4v) is 2.05. The van der Waals surface area contributed by atoms with E-state index in [1.165, 1.54) is 18.4 Å². The number of nitrogens with one attached hydrogen (secondary N) is 1. The molecule has 2 heterocycles. The molecule has 0 spiro atoms. The zero-order chi connectivity index (χ0) is 9.80. The summed E-state index contributed by atoms with van der Waals surface area (Å²) in [5.74, 6) is 0.612. The molecule has 1 aromatic rings. The molecule has 1 aromatic heterocycles. The Morgan fingerprint density at radius 2 is 2.13 bits per heavy atom. The molecule has 0 saturated carbocycles. The van der Waals surface area contributed by atoms with E-state index in [9.17, 15) is 0 Å². The summed E-state index contributed by atoms with van der Waals surface area (Å²) in [4.78, 5) is 4.10. The van der Waals surface area contributed by atoms with E-state index in [1.807, 2.05) is 12.3 Å². The van der Waals surface area contributed by atoms with Gasteiger partial charge in [-0.1, -0.05) is 6.07 Å². The third-order valence-corrected chi connectivity index (χ3v) is 2.96. The van der Waals surface area contributed by atoms with Gasteiger partial charge in [-0.25, -0.2) is 0 Å². The Morgan fingerprint density at radius 3 is 2.73 bits per heavy atom. The van der Waals surface area contributed by atoms with Gasteiger partial charge in [0.15, 0.2) is 0 Å². The molecule has 1 saturated heterocycles. The van der Waals surface area contributed by atoms with Crippen molar-refractivity contribution in [3.05, 3.63) is 30.1 Å². The summed E-state index contributed by atoms with van der Waals surface area (Å²) in [6.07, 6.45) is 6.03. The molecule has 2 rings (SSSR count). The lowest BCUT2D eigenvalue weighted by atomic mass is 9.87. The Hall–Kier alpha value is -0.640. The second-order valence-corrected chi connectivity index (χ2v) is 3.90. The SMILES string of the molecule is Cl.N[C@@H](c1cccnc1)C1CCNCC1. The number of aromatic nitrogens is 1. The Morgan fingerprint density at radius 1 is 1.40 bits per heavy atom. The summed E-state index contributed by atoms with van der Waals surface area (Å²) in [6.45, 7) is 2.19. The number of rotatable bonds is 2. The molecule has 0 aliphatic carbocycles. The van der Waals surface area contributed by atoms with E-state index in [-0.39, 0.29) is 18.4 Å².